The smallest absolute Gasteiger partial charge is 0.0635 e. The zero-order valence-electron chi connectivity index (χ0n) is 7.26. The van der Waals surface area contributed by atoms with E-state index >= 15 is 0 Å². The normalized spacial score (nSPS) is 8.91. The van der Waals surface area contributed by atoms with Crippen molar-refractivity contribution >= 4 is 12.4 Å². The van der Waals surface area contributed by atoms with Crippen LogP contribution in [-0.2, 0) is 0 Å². The molecule has 0 unspecified atom stereocenters. The first-order valence-corrected chi connectivity index (χ1v) is 3.95. The lowest BCUT2D eigenvalue weighted by atomic mass is 10.2. The molecule has 0 saturated carbocycles. The number of rotatable bonds is 5. The van der Waals surface area contributed by atoms with Crippen LogP contribution in [0.5, 0.6) is 0 Å². The van der Waals surface area contributed by atoms with Crippen molar-refractivity contribution in [3.8, 4) is 6.07 Å². The van der Waals surface area contributed by atoms with E-state index in [2.05, 4.69) is 25.2 Å². The lowest BCUT2D eigenvalue weighted by Gasteiger charge is -2.12. The van der Waals surface area contributed by atoms with Gasteiger partial charge >= 0.3 is 0 Å². The maximum Gasteiger partial charge on any atom is 0.0635 e. The highest BCUT2D eigenvalue weighted by atomic mass is 35.5. The Balaban J connectivity index is 0. The minimum Gasteiger partial charge on any atom is -0.313 e. The fraction of sp³-hybridized carbons (Fsp3) is 0.875. The van der Waals surface area contributed by atoms with Gasteiger partial charge in [0, 0.05) is 19.0 Å². The predicted octanol–water partition coefficient (Wildman–Crippen LogP) is 2.10. The number of nitriles is 1. The van der Waals surface area contributed by atoms with Crippen molar-refractivity contribution in [1.29, 1.82) is 5.26 Å². The van der Waals surface area contributed by atoms with E-state index in [0.29, 0.717) is 12.5 Å². The van der Waals surface area contributed by atoms with Crippen LogP contribution in [0.2, 0.25) is 0 Å². The van der Waals surface area contributed by atoms with Gasteiger partial charge in [-0.25, -0.2) is 0 Å². The molecule has 0 aromatic heterocycles. The Hall–Kier alpha value is -0.260. The molecule has 0 aliphatic carbocycles. The lowest BCUT2D eigenvalue weighted by Crippen LogP contribution is -2.28. The fourth-order valence-electron chi connectivity index (χ4n) is 0.910. The molecule has 3 heteroatoms. The first-order valence-electron chi connectivity index (χ1n) is 3.95. The molecular formula is C8H17ClN2. The maximum absolute atomic E-state index is 8.23. The minimum atomic E-state index is 0. The van der Waals surface area contributed by atoms with Gasteiger partial charge in [-0.15, -0.1) is 12.4 Å². The summed E-state index contributed by atoms with van der Waals surface area (Å²) in [5, 5.41) is 11.5. The molecule has 0 fully saturated rings. The van der Waals surface area contributed by atoms with Gasteiger partial charge in [-0.1, -0.05) is 13.8 Å². The van der Waals surface area contributed by atoms with Gasteiger partial charge in [0.25, 0.3) is 0 Å². The average Bonchev–Trinajstić information content (AvgIpc) is 1.99. The number of hydrogen-bond acceptors (Lipinski definition) is 2. The van der Waals surface area contributed by atoms with Gasteiger partial charge in [0.1, 0.15) is 0 Å². The van der Waals surface area contributed by atoms with Crippen LogP contribution in [0.25, 0.3) is 0 Å². The van der Waals surface area contributed by atoms with Crippen LogP contribution >= 0.6 is 12.4 Å². The van der Waals surface area contributed by atoms with E-state index in [-0.39, 0.29) is 12.4 Å². The number of nitrogens with zero attached hydrogens (tertiary/aromatic N) is 1. The molecule has 11 heavy (non-hydrogen) atoms. The Labute approximate surface area is 75.4 Å². The first-order chi connectivity index (χ1) is 4.85. The zero-order valence-corrected chi connectivity index (χ0v) is 8.08. The van der Waals surface area contributed by atoms with E-state index in [1.54, 1.807) is 0 Å². The summed E-state index contributed by atoms with van der Waals surface area (Å²) >= 11 is 0. The highest BCUT2D eigenvalue weighted by molar-refractivity contribution is 5.85. The zero-order chi connectivity index (χ0) is 7.82. The molecule has 0 bridgehead atoms. The lowest BCUT2D eigenvalue weighted by molar-refractivity contribution is 0.491. The average molecular weight is 177 g/mol. The molecule has 2 nitrogen and oxygen atoms in total. The van der Waals surface area contributed by atoms with E-state index in [1.807, 2.05) is 0 Å². The molecule has 0 aliphatic heterocycles. The summed E-state index contributed by atoms with van der Waals surface area (Å²) in [4.78, 5) is 0. The molecule has 0 spiro atoms. The van der Waals surface area contributed by atoms with E-state index in [1.165, 1.54) is 0 Å². The molecule has 0 aromatic rings. The fourth-order valence-corrected chi connectivity index (χ4v) is 0.910. The van der Waals surface area contributed by atoms with Crippen LogP contribution in [0.1, 0.15) is 33.1 Å². The van der Waals surface area contributed by atoms with Crippen LogP contribution in [-0.4, -0.2) is 12.6 Å². The third-order valence-electron chi connectivity index (χ3n) is 1.66. The SMILES string of the molecule is CCC(CC)NCCC#N.Cl. The number of nitrogens with one attached hydrogen (secondary N) is 1. The molecule has 66 valence electrons. The third kappa shape index (κ3) is 7.64. The Morgan fingerprint density at radius 2 is 1.91 bits per heavy atom. The van der Waals surface area contributed by atoms with Crippen molar-refractivity contribution < 1.29 is 0 Å². The van der Waals surface area contributed by atoms with Crippen molar-refractivity contribution in [2.75, 3.05) is 6.54 Å². The maximum atomic E-state index is 8.23. The topological polar surface area (TPSA) is 35.8 Å². The summed E-state index contributed by atoms with van der Waals surface area (Å²) in [7, 11) is 0. The molecule has 0 radical (unpaired) electrons. The van der Waals surface area contributed by atoms with Crippen LogP contribution in [0, 0.1) is 11.3 Å². The molecule has 0 aromatic carbocycles. The van der Waals surface area contributed by atoms with Crippen LogP contribution in [0.3, 0.4) is 0 Å². The van der Waals surface area contributed by atoms with E-state index < -0.39 is 0 Å². The van der Waals surface area contributed by atoms with Crippen LogP contribution < -0.4 is 5.32 Å². The van der Waals surface area contributed by atoms with E-state index in [4.69, 9.17) is 5.26 Å². The molecule has 1 N–H and O–H groups in total. The van der Waals surface area contributed by atoms with E-state index in [0.717, 1.165) is 19.4 Å². The van der Waals surface area contributed by atoms with Gasteiger partial charge in [0.2, 0.25) is 0 Å². The largest absolute Gasteiger partial charge is 0.313 e. The van der Waals surface area contributed by atoms with Gasteiger partial charge in [0.15, 0.2) is 0 Å². The van der Waals surface area contributed by atoms with E-state index in [9.17, 15) is 0 Å². The van der Waals surface area contributed by atoms with Gasteiger partial charge < -0.3 is 5.32 Å². The highest BCUT2D eigenvalue weighted by Gasteiger charge is 1.99. The van der Waals surface area contributed by atoms with Gasteiger partial charge in [-0.2, -0.15) is 5.26 Å². The summed E-state index contributed by atoms with van der Waals surface area (Å²) in [5.41, 5.74) is 0. The molecule has 0 saturated heterocycles. The highest BCUT2D eigenvalue weighted by Crippen LogP contribution is 1.94. The van der Waals surface area contributed by atoms with Crippen molar-refractivity contribution in [1.82, 2.24) is 5.32 Å². The predicted molar refractivity (Wildman–Crippen MR) is 49.9 cm³/mol. The molecule has 0 heterocycles. The third-order valence-corrected chi connectivity index (χ3v) is 1.66. The Morgan fingerprint density at radius 1 is 1.36 bits per heavy atom. The molecular weight excluding hydrogens is 160 g/mol. The monoisotopic (exact) mass is 176 g/mol. The Kier molecular flexibility index (Phi) is 11.8. The standard InChI is InChI=1S/C8H16N2.ClH/c1-3-8(4-2)10-7-5-6-9;/h8,10H,3-5,7H2,1-2H3;1H. The summed E-state index contributed by atoms with van der Waals surface area (Å²) < 4.78 is 0. The van der Waals surface area contributed by atoms with Crippen molar-refractivity contribution in [2.24, 2.45) is 0 Å². The van der Waals surface area contributed by atoms with Gasteiger partial charge in [-0.05, 0) is 12.8 Å². The Morgan fingerprint density at radius 3 is 2.27 bits per heavy atom. The second-order valence-electron chi connectivity index (χ2n) is 2.38. The summed E-state index contributed by atoms with van der Waals surface area (Å²) in [6, 6.07) is 2.71. The van der Waals surface area contributed by atoms with Crippen molar-refractivity contribution in [2.45, 2.75) is 39.2 Å². The quantitative estimate of drug-likeness (QED) is 0.652. The number of halogens is 1. The van der Waals surface area contributed by atoms with Crippen LogP contribution in [0.4, 0.5) is 0 Å². The summed E-state index contributed by atoms with van der Waals surface area (Å²) in [6.45, 7) is 5.16. The number of hydrogen-bond donors (Lipinski definition) is 1. The van der Waals surface area contributed by atoms with Crippen LogP contribution in [0.15, 0.2) is 0 Å². The van der Waals surface area contributed by atoms with Crippen molar-refractivity contribution in [3.63, 3.8) is 0 Å². The summed E-state index contributed by atoms with van der Waals surface area (Å²) in [5.74, 6) is 0. The van der Waals surface area contributed by atoms with Gasteiger partial charge in [-0.3, -0.25) is 0 Å². The second kappa shape index (κ2) is 9.74. The molecule has 0 atom stereocenters. The molecule has 0 amide bonds. The molecule has 0 rings (SSSR count). The Bertz CT molecular complexity index is 105. The summed E-state index contributed by atoms with van der Waals surface area (Å²) in [6.07, 6.45) is 2.93. The minimum absolute atomic E-state index is 0. The van der Waals surface area contributed by atoms with Gasteiger partial charge in [0.05, 0.1) is 6.07 Å². The second-order valence-corrected chi connectivity index (χ2v) is 2.38. The molecule has 0 aliphatic rings. The first kappa shape index (κ1) is 13.3. The van der Waals surface area contributed by atoms with Crippen molar-refractivity contribution in [3.05, 3.63) is 0 Å².